The predicted molar refractivity (Wildman–Crippen MR) is 53.1 cm³/mol. The fourth-order valence-electron chi connectivity index (χ4n) is 1.93. The van der Waals surface area contributed by atoms with Crippen LogP contribution in [-0.4, -0.2) is 22.6 Å². The van der Waals surface area contributed by atoms with E-state index in [4.69, 9.17) is 11.6 Å². The molecule has 3 nitrogen and oxygen atoms in total. The van der Waals surface area contributed by atoms with E-state index in [0.717, 1.165) is 36.9 Å². The Hall–Kier alpha value is -0.540. The second kappa shape index (κ2) is 3.68. The highest BCUT2D eigenvalue weighted by molar-refractivity contribution is 6.29. The molecule has 1 aromatic rings. The second-order valence-electron chi connectivity index (χ2n) is 3.48. The first-order valence-corrected chi connectivity index (χ1v) is 5.07. The van der Waals surface area contributed by atoms with Crippen LogP contribution in [-0.2, 0) is 0 Å². The van der Waals surface area contributed by atoms with Gasteiger partial charge in [0.25, 0.3) is 0 Å². The second-order valence-corrected chi connectivity index (χ2v) is 3.87. The van der Waals surface area contributed by atoms with Crippen LogP contribution in [0.15, 0.2) is 6.20 Å². The summed E-state index contributed by atoms with van der Waals surface area (Å²) < 4.78 is 2.14. The summed E-state index contributed by atoms with van der Waals surface area (Å²) >= 11 is 6.06. The maximum Gasteiger partial charge on any atom is 0.129 e. The maximum atomic E-state index is 6.06. The fraction of sp³-hybridized carbons (Fsp3) is 0.667. The van der Waals surface area contributed by atoms with Gasteiger partial charge >= 0.3 is 0 Å². The van der Waals surface area contributed by atoms with E-state index < -0.39 is 0 Å². The minimum atomic E-state index is 0.538. The number of imidazole rings is 1. The summed E-state index contributed by atoms with van der Waals surface area (Å²) in [5.74, 6) is 1.02. The Balaban J connectivity index is 2.22. The van der Waals surface area contributed by atoms with Gasteiger partial charge in [0.1, 0.15) is 11.0 Å². The van der Waals surface area contributed by atoms with Gasteiger partial charge < -0.3 is 9.88 Å². The van der Waals surface area contributed by atoms with Crippen LogP contribution >= 0.6 is 11.6 Å². The van der Waals surface area contributed by atoms with E-state index >= 15 is 0 Å². The van der Waals surface area contributed by atoms with Gasteiger partial charge in [0.15, 0.2) is 0 Å². The van der Waals surface area contributed by atoms with Crippen LogP contribution in [0, 0.1) is 6.92 Å². The summed E-state index contributed by atoms with van der Waals surface area (Å²) in [4.78, 5) is 4.20. The van der Waals surface area contributed by atoms with E-state index in [2.05, 4.69) is 14.9 Å². The van der Waals surface area contributed by atoms with Gasteiger partial charge in [-0.2, -0.15) is 0 Å². The van der Waals surface area contributed by atoms with Gasteiger partial charge in [0, 0.05) is 6.04 Å². The van der Waals surface area contributed by atoms with Crippen LogP contribution in [0.1, 0.15) is 24.7 Å². The molecule has 2 rings (SSSR count). The van der Waals surface area contributed by atoms with E-state index in [1.165, 1.54) is 0 Å². The van der Waals surface area contributed by atoms with Gasteiger partial charge in [-0.25, -0.2) is 4.98 Å². The number of nitrogens with zero attached hydrogens (tertiary/aromatic N) is 2. The van der Waals surface area contributed by atoms with Gasteiger partial charge in [-0.05, 0) is 32.9 Å². The quantitative estimate of drug-likeness (QED) is 0.747. The molecular weight excluding hydrogens is 186 g/mol. The Bertz CT molecular complexity index is 270. The molecule has 0 aliphatic carbocycles. The number of hydrogen-bond acceptors (Lipinski definition) is 2. The molecule has 0 spiro atoms. The van der Waals surface area contributed by atoms with Crippen molar-refractivity contribution in [2.24, 2.45) is 0 Å². The monoisotopic (exact) mass is 199 g/mol. The summed E-state index contributed by atoms with van der Waals surface area (Å²) in [7, 11) is 0. The first-order chi connectivity index (χ1) is 6.29. The van der Waals surface area contributed by atoms with Crippen molar-refractivity contribution in [2.45, 2.75) is 25.8 Å². The molecule has 13 heavy (non-hydrogen) atoms. The molecule has 0 saturated carbocycles. The van der Waals surface area contributed by atoms with E-state index in [1.54, 1.807) is 6.20 Å². The molecule has 0 radical (unpaired) electrons. The van der Waals surface area contributed by atoms with Gasteiger partial charge in [-0.3, -0.25) is 0 Å². The molecule has 0 unspecified atom stereocenters. The maximum absolute atomic E-state index is 6.06. The van der Waals surface area contributed by atoms with E-state index in [9.17, 15) is 0 Å². The molecule has 1 aliphatic rings. The summed E-state index contributed by atoms with van der Waals surface area (Å²) in [5, 5.41) is 4.11. The molecule has 0 bridgehead atoms. The van der Waals surface area contributed by atoms with Crippen molar-refractivity contribution >= 4 is 11.6 Å². The molecule has 1 N–H and O–H groups in total. The Morgan fingerprint density at radius 3 is 2.77 bits per heavy atom. The lowest BCUT2D eigenvalue weighted by Gasteiger charge is -2.25. The number of nitrogens with one attached hydrogen (secondary N) is 1. The number of rotatable bonds is 1. The lowest BCUT2D eigenvalue weighted by molar-refractivity contribution is 0.363. The van der Waals surface area contributed by atoms with Crippen LogP contribution < -0.4 is 5.32 Å². The topological polar surface area (TPSA) is 29.9 Å². The van der Waals surface area contributed by atoms with Crippen molar-refractivity contribution in [3.63, 3.8) is 0 Å². The van der Waals surface area contributed by atoms with E-state index in [0.29, 0.717) is 6.04 Å². The summed E-state index contributed by atoms with van der Waals surface area (Å²) in [6.07, 6.45) is 4.03. The summed E-state index contributed by atoms with van der Waals surface area (Å²) in [5.41, 5.74) is 0. The Morgan fingerprint density at radius 2 is 2.23 bits per heavy atom. The first-order valence-electron chi connectivity index (χ1n) is 4.69. The predicted octanol–water partition coefficient (Wildman–Crippen LogP) is 1.77. The van der Waals surface area contributed by atoms with Crippen LogP contribution in [0.5, 0.6) is 0 Å². The van der Waals surface area contributed by atoms with Crippen LogP contribution in [0.2, 0.25) is 5.15 Å². The van der Waals surface area contributed by atoms with Crippen LogP contribution in [0.4, 0.5) is 0 Å². The molecular formula is C9H14ClN3. The van der Waals surface area contributed by atoms with Gasteiger partial charge in [-0.1, -0.05) is 11.6 Å². The van der Waals surface area contributed by atoms with Crippen LogP contribution in [0.3, 0.4) is 0 Å². The summed E-state index contributed by atoms with van der Waals surface area (Å²) in [6, 6.07) is 0.538. The van der Waals surface area contributed by atoms with Gasteiger partial charge in [0.2, 0.25) is 0 Å². The van der Waals surface area contributed by atoms with Crippen molar-refractivity contribution in [3.05, 3.63) is 17.2 Å². The third-order valence-corrected chi connectivity index (χ3v) is 2.89. The molecule has 4 heteroatoms. The number of hydrogen-bond donors (Lipinski definition) is 1. The van der Waals surface area contributed by atoms with Crippen molar-refractivity contribution in [1.29, 1.82) is 0 Å². The lowest BCUT2D eigenvalue weighted by Crippen LogP contribution is -2.29. The average molecular weight is 200 g/mol. The Morgan fingerprint density at radius 1 is 1.54 bits per heavy atom. The molecule has 2 heterocycles. The average Bonchev–Trinajstić information content (AvgIpc) is 2.48. The molecule has 0 amide bonds. The molecule has 0 atom stereocenters. The largest absolute Gasteiger partial charge is 0.317 e. The van der Waals surface area contributed by atoms with Gasteiger partial charge in [0.05, 0.1) is 6.20 Å². The fourth-order valence-corrected chi connectivity index (χ4v) is 2.24. The highest BCUT2D eigenvalue weighted by atomic mass is 35.5. The first kappa shape index (κ1) is 9.03. The number of halogens is 1. The molecule has 1 fully saturated rings. The van der Waals surface area contributed by atoms with E-state index in [1.807, 2.05) is 6.92 Å². The van der Waals surface area contributed by atoms with Crippen molar-refractivity contribution < 1.29 is 0 Å². The number of piperidine rings is 1. The molecule has 0 aromatic carbocycles. The highest BCUT2D eigenvalue weighted by Gasteiger charge is 2.18. The smallest absolute Gasteiger partial charge is 0.129 e. The molecule has 72 valence electrons. The minimum absolute atomic E-state index is 0.538. The third kappa shape index (κ3) is 1.71. The molecule has 1 aromatic heterocycles. The third-order valence-electron chi connectivity index (χ3n) is 2.61. The summed E-state index contributed by atoms with van der Waals surface area (Å²) in [6.45, 7) is 4.17. The van der Waals surface area contributed by atoms with Gasteiger partial charge in [-0.15, -0.1) is 0 Å². The van der Waals surface area contributed by atoms with Crippen molar-refractivity contribution in [3.8, 4) is 0 Å². The minimum Gasteiger partial charge on any atom is -0.317 e. The standard InChI is InChI=1S/C9H14ClN3/c1-7-12-6-9(10)13(7)8-2-4-11-5-3-8/h6,8,11H,2-5H2,1H3. The number of aromatic nitrogens is 2. The zero-order valence-electron chi connectivity index (χ0n) is 7.76. The SMILES string of the molecule is Cc1ncc(Cl)n1C1CCNCC1. The van der Waals surface area contributed by atoms with Crippen molar-refractivity contribution in [2.75, 3.05) is 13.1 Å². The van der Waals surface area contributed by atoms with Crippen molar-refractivity contribution in [1.82, 2.24) is 14.9 Å². The zero-order chi connectivity index (χ0) is 9.26. The number of aryl methyl sites for hydroxylation is 1. The van der Waals surface area contributed by atoms with Crippen LogP contribution in [0.25, 0.3) is 0 Å². The molecule has 1 aliphatic heterocycles. The molecule has 1 saturated heterocycles. The Kier molecular flexibility index (Phi) is 2.56. The van der Waals surface area contributed by atoms with E-state index in [-0.39, 0.29) is 0 Å². The normalized spacial score (nSPS) is 19.2. The Labute approximate surface area is 83.1 Å². The highest BCUT2D eigenvalue weighted by Crippen LogP contribution is 2.24. The zero-order valence-corrected chi connectivity index (χ0v) is 8.51. The lowest BCUT2D eigenvalue weighted by atomic mass is 10.1.